The quantitative estimate of drug-likeness (QED) is 0.132. The fourth-order valence-corrected chi connectivity index (χ4v) is 4.72. The second kappa shape index (κ2) is 13.2. The number of benzene rings is 2. The van der Waals surface area contributed by atoms with Gasteiger partial charge in [-0.3, -0.25) is 0 Å². The van der Waals surface area contributed by atoms with Crippen molar-refractivity contribution in [3.8, 4) is 16.9 Å². The first-order valence-electron chi connectivity index (χ1n) is 11.4. The molecule has 0 fully saturated rings. The van der Waals surface area contributed by atoms with Crippen LogP contribution in [0.1, 0.15) is 39.5 Å². The molecule has 3 rings (SSSR count). The van der Waals surface area contributed by atoms with Crippen molar-refractivity contribution in [2.45, 2.75) is 51.5 Å². The fourth-order valence-electron chi connectivity index (χ4n) is 3.46. The molecule has 1 aromatic heterocycles. The lowest BCUT2D eigenvalue weighted by Gasteiger charge is -2.15. The van der Waals surface area contributed by atoms with Crippen molar-refractivity contribution in [3.63, 3.8) is 0 Å². The standard InChI is InChI=1S/C26H32O5Si/c1-3-28-26(29-4-2)32-17-11-6-5-10-16-30-22-15-14-21-18-23(20-12-8-7-9-13-20)25(27)31-24(21)19-22/h7-9,12-15,18-19,26H,3-6,10-11,16-17H2,1-2H3. The van der Waals surface area contributed by atoms with E-state index in [4.69, 9.17) is 18.6 Å². The molecule has 0 saturated carbocycles. The summed E-state index contributed by atoms with van der Waals surface area (Å²) in [7, 11) is 0.694. The molecule has 0 unspecified atom stereocenters. The highest BCUT2D eigenvalue weighted by Crippen LogP contribution is 2.24. The Hall–Kier alpha value is -2.41. The number of hydrogen-bond donors (Lipinski definition) is 0. The second-order valence-electron chi connectivity index (χ2n) is 7.47. The third-order valence-corrected chi connectivity index (χ3v) is 6.39. The minimum absolute atomic E-state index is 0.0370. The molecule has 2 aromatic carbocycles. The van der Waals surface area contributed by atoms with Crippen LogP contribution in [-0.2, 0) is 9.47 Å². The van der Waals surface area contributed by atoms with Crippen LogP contribution in [0.4, 0.5) is 0 Å². The van der Waals surface area contributed by atoms with Crippen molar-refractivity contribution in [2.24, 2.45) is 0 Å². The molecule has 5 nitrogen and oxygen atoms in total. The van der Waals surface area contributed by atoms with Gasteiger partial charge in [0.1, 0.15) is 26.8 Å². The van der Waals surface area contributed by atoms with E-state index in [2.05, 4.69) is 0 Å². The minimum atomic E-state index is -0.336. The third kappa shape index (κ3) is 7.33. The Bertz CT molecular complexity index is 996. The largest absolute Gasteiger partial charge is 0.493 e. The number of unbranched alkanes of at least 4 members (excludes halogenated alkanes) is 3. The molecule has 32 heavy (non-hydrogen) atoms. The van der Waals surface area contributed by atoms with Crippen LogP contribution < -0.4 is 10.4 Å². The lowest BCUT2D eigenvalue weighted by Crippen LogP contribution is -2.24. The summed E-state index contributed by atoms with van der Waals surface area (Å²) >= 11 is 0. The fraction of sp³-hybridized carbons (Fsp3) is 0.423. The maximum absolute atomic E-state index is 12.4. The van der Waals surface area contributed by atoms with Gasteiger partial charge >= 0.3 is 5.63 Å². The molecular formula is C26H32O5Si. The Morgan fingerprint density at radius 1 is 0.906 bits per heavy atom. The molecule has 0 bridgehead atoms. The van der Waals surface area contributed by atoms with Crippen molar-refractivity contribution in [2.75, 3.05) is 19.8 Å². The van der Waals surface area contributed by atoms with Gasteiger partial charge in [-0.15, -0.1) is 0 Å². The van der Waals surface area contributed by atoms with Crippen LogP contribution in [0.25, 0.3) is 22.1 Å². The smallest absolute Gasteiger partial charge is 0.344 e. The topological polar surface area (TPSA) is 57.9 Å². The van der Waals surface area contributed by atoms with Crippen molar-refractivity contribution in [1.29, 1.82) is 0 Å². The van der Waals surface area contributed by atoms with E-state index in [0.29, 0.717) is 40.5 Å². The first kappa shape index (κ1) is 24.2. The number of rotatable bonds is 14. The molecule has 0 N–H and O–H groups in total. The van der Waals surface area contributed by atoms with Crippen LogP contribution in [0.2, 0.25) is 6.04 Å². The normalized spacial score (nSPS) is 11.3. The summed E-state index contributed by atoms with van der Waals surface area (Å²) < 4.78 is 22.6. The molecule has 3 aromatic rings. The monoisotopic (exact) mass is 452 g/mol. The van der Waals surface area contributed by atoms with Gasteiger partial charge in [0.2, 0.25) is 0 Å². The average Bonchev–Trinajstić information content (AvgIpc) is 2.81. The Morgan fingerprint density at radius 3 is 2.41 bits per heavy atom. The van der Waals surface area contributed by atoms with Crippen LogP contribution in [0.15, 0.2) is 63.8 Å². The van der Waals surface area contributed by atoms with Crippen LogP contribution in [0.3, 0.4) is 0 Å². The van der Waals surface area contributed by atoms with Crippen LogP contribution >= 0.6 is 0 Å². The van der Waals surface area contributed by atoms with E-state index in [9.17, 15) is 4.79 Å². The predicted molar refractivity (Wildman–Crippen MR) is 129 cm³/mol. The highest BCUT2D eigenvalue weighted by Gasteiger charge is 2.09. The molecule has 0 atom stereocenters. The highest BCUT2D eigenvalue weighted by molar-refractivity contribution is 6.36. The van der Waals surface area contributed by atoms with Gasteiger partial charge < -0.3 is 18.6 Å². The lowest BCUT2D eigenvalue weighted by atomic mass is 10.1. The summed E-state index contributed by atoms with van der Waals surface area (Å²) in [6, 6.07) is 18.3. The van der Waals surface area contributed by atoms with Gasteiger partial charge in [-0.1, -0.05) is 55.6 Å². The molecule has 0 aliphatic carbocycles. The number of fused-ring (bicyclic) bond motifs is 1. The lowest BCUT2D eigenvalue weighted by molar-refractivity contribution is -0.0827. The Morgan fingerprint density at radius 2 is 1.66 bits per heavy atom. The van der Waals surface area contributed by atoms with E-state index < -0.39 is 0 Å². The molecule has 0 amide bonds. The van der Waals surface area contributed by atoms with Crippen LogP contribution in [-0.4, -0.2) is 35.3 Å². The number of hydrogen-bond acceptors (Lipinski definition) is 5. The SMILES string of the molecule is CCOC(OCC)[Si]CCCCCCOc1ccc2cc(-c3ccccc3)c(=O)oc2c1. The van der Waals surface area contributed by atoms with Gasteiger partial charge in [-0.05, 0) is 44.0 Å². The Kier molecular flexibility index (Phi) is 10.0. The molecule has 0 aliphatic rings. The average molecular weight is 453 g/mol. The summed E-state index contributed by atoms with van der Waals surface area (Å²) in [5.74, 6) is 0.691. The van der Waals surface area contributed by atoms with E-state index in [1.807, 2.05) is 62.4 Å². The maximum Gasteiger partial charge on any atom is 0.344 e. The molecule has 2 radical (unpaired) electrons. The van der Waals surface area contributed by atoms with E-state index >= 15 is 0 Å². The van der Waals surface area contributed by atoms with Crippen molar-refractivity contribution >= 4 is 20.5 Å². The molecule has 6 heteroatoms. The first-order valence-corrected chi connectivity index (χ1v) is 12.7. The molecule has 0 spiro atoms. The van der Waals surface area contributed by atoms with Gasteiger partial charge in [-0.25, -0.2) is 4.79 Å². The minimum Gasteiger partial charge on any atom is -0.493 e. The third-order valence-electron chi connectivity index (χ3n) is 5.08. The van der Waals surface area contributed by atoms with E-state index in [0.717, 1.165) is 35.6 Å². The molecular weight excluding hydrogens is 420 g/mol. The second-order valence-corrected chi connectivity index (χ2v) is 8.85. The summed E-state index contributed by atoms with van der Waals surface area (Å²) in [4.78, 5) is 12.4. The van der Waals surface area contributed by atoms with Crippen LogP contribution in [0.5, 0.6) is 5.75 Å². The zero-order chi connectivity index (χ0) is 22.6. The summed E-state index contributed by atoms with van der Waals surface area (Å²) in [5, 5.41) is 0.883. The molecule has 0 aliphatic heterocycles. The van der Waals surface area contributed by atoms with E-state index in [1.165, 1.54) is 12.8 Å². The van der Waals surface area contributed by atoms with Gasteiger partial charge in [0.15, 0.2) is 0 Å². The first-order chi connectivity index (χ1) is 15.7. The van der Waals surface area contributed by atoms with Gasteiger partial charge in [0.25, 0.3) is 0 Å². The van der Waals surface area contributed by atoms with Gasteiger partial charge in [-0.2, -0.15) is 0 Å². The zero-order valence-electron chi connectivity index (χ0n) is 19.0. The van der Waals surface area contributed by atoms with Gasteiger partial charge in [0, 0.05) is 24.7 Å². The van der Waals surface area contributed by atoms with Crippen molar-refractivity contribution < 1.29 is 18.6 Å². The summed E-state index contributed by atoms with van der Waals surface area (Å²) in [6.45, 7) is 6.05. The van der Waals surface area contributed by atoms with Gasteiger partial charge in [0.05, 0.1) is 12.2 Å². The Labute approximate surface area is 192 Å². The predicted octanol–water partition coefficient (Wildman–Crippen LogP) is 5.88. The van der Waals surface area contributed by atoms with E-state index in [1.54, 1.807) is 6.07 Å². The highest BCUT2D eigenvalue weighted by atomic mass is 28.2. The molecule has 170 valence electrons. The summed E-state index contributed by atoms with van der Waals surface area (Å²) in [6.07, 6.45) is 4.48. The van der Waals surface area contributed by atoms with E-state index in [-0.39, 0.29) is 11.5 Å². The molecule has 1 heterocycles. The van der Waals surface area contributed by atoms with Crippen molar-refractivity contribution in [3.05, 3.63) is 65.0 Å². The maximum atomic E-state index is 12.4. The molecule has 0 saturated heterocycles. The number of ether oxygens (including phenoxy) is 3. The zero-order valence-corrected chi connectivity index (χ0v) is 20.0. The van der Waals surface area contributed by atoms with Crippen LogP contribution in [0, 0.1) is 0 Å². The van der Waals surface area contributed by atoms with Crippen molar-refractivity contribution in [1.82, 2.24) is 0 Å². The Balaban J connectivity index is 1.42. The summed E-state index contributed by atoms with van der Waals surface area (Å²) in [5.41, 5.74) is 1.64.